The third kappa shape index (κ3) is 2.01. The van der Waals surface area contributed by atoms with Crippen molar-refractivity contribution in [1.29, 1.82) is 0 Å². The van der Waals surface area contributed by atoms with Gasteiger partial charge in [-0.1, -0.05) is 6.07 Å². The van der Waals surface area contributed by atoms with Crippen LogP contribution in [0.25, 0.3) is 0 Å². The van der Waals surface area contributed by atoms with Crippen LogP contribution in [0.1, 0.15) is 34.1 Å². The maximum absolute atomic E-state index is 11.7. The van der Waals surface area contributed by atoms with E-state index < -0.39 is 0 Å². The number of nitrogens with zero attached hydrogens (tertiary/aromatic N) is 1. The average molecular weight is 250 g/mol. The molecule has 0 aliphatic heterocycles. The summed E-state index contributed by atoms with van der Waals surface area (Å²) in [6.07, 6.45) is 2.48. The Morgan fingerprint density at radius 1 is 1.44 bits per heavy atom. The molecule has 2 aromatic heterocycles. The van der Waals surface area contributed by atoms with Crippen molar-refractivity contribution in [2.24, 2.45) is 0 Å². The van der Waals surface area contributed by atoms with Crippen LogP contribution in [0, 0.1) is 0 Å². The Hall–Kier alpha value is -1.20. The Balaban J connectivity index is 1.71. The molecule has 1 saturated carbocycles. The van der Waals surface area contributed by atoms with Gasteiger partial charge in [0.1, 0.15) is 0 Å². The number of hydrogen-bond donors (Lipinski definition) is 1. The number of thiophene rings is 1. The van der Waals surface area contributed by atoms with Crippen molar-refractivity contribution in [3.05, 3.63) is 33.5 Å². The average Bonchev–Trinajstić information content (AvgIpc) is 2.82. The molecule has 0 spiro atoms. The number of nitrogens with one attached hydrogen (secondary N) is 1. The molecular formula is C11H10N2OS2. The van der Waals surface area contributed by atoms with E-state index in [-0.39, 0.29) is 5.91 Å². The maximum atomic E-state index is 11.7. The highest BCUT2D eigenvalue weighted by atomic mass is 32.1. The monoisotopic (exact) mass is 250 g/mol. The van der Waals surface area contributed by atoms with Gasteiger partial charge >= 0.3 is 0 Å². The second-order valence-electron chi connectivity index (χ2n) is 3.78. The van der Waals surface area contributed by atoms with Gasteiger partial charge in [0.2, 0.25) is 0 Å². The number of thiazole rings is 1. The summed E-state index contributed by atoms with van der Waals surface area (Å²) < 4.78 is 0. The van der Waals surface area contributed by atoms with Crippen LogP contribution in [-0.4, -0.2) is 10.9 Å². The summed E-state index contributed by atoms with van der Waals surface area (Å²) >= 11 is 2.95. The molecule has 1 N–H and O–H groups in total. The van der Waals surface area contributed by atoms with E-state index in [4.69, 9.17) is 0 Å². The van der Waals surface area contributed by atoms with Crippen LogP contribution >= 0.6 is 22.7 Å². The molecule has 3 rings (SSSR count). The highest BCUT2D eigenvalue weighted by Gasteiger charge is 2.26. The van der Waals surface area contributed by atoms with E-state index in [0.29, 0.717) is 11.0 Å². The first kappa shape index (κ1) is 9.99. The second-order valence-corrected chi connectivity index (χ2v) is 5.59. The van der Waals surface area contributed by atoms with E-state index in [9.17, 15) is 4.79 Å². The molecule has 16 heavy (non-hydrogen) atoms. The number of carbonyl (C=O) groups is 1. The fourth-order valence-electron chi connectivity index (χ4n) is 1.48. The van der Waals surface area contributed by atoms with Crippen molar-refractivity contribution in [1.82, 2.24) is 4.98 Å². The van der Waals surface area contributed by atoms with Crippen LogP contribution in [0.2, 0.25) is 0 Å². The molecule has 5 heteroatoms. The largest absolute Gasteiger partial charge is 0.297 e. The van der Waals surface area contributed by atoms with Crippen molar-refractivity contribution >= 4 is 33.7 Å². The molecule has 0 saturated heterocycles. The lowest BCUT2D eigenvalue weighted by molar-refractivity contribution is 0.103. The topological polar surface area (TPSA) is 42.0 Å². The van der Waals surface area contributed by atoms with E-state index >= 15 is 0 Å². The van der Waals surface area contributed by atoms with Gasteiger partial charge in [-0.05, 0) is 24.3 Å². The molecular weight excluding hydrogens is 240 g/mol. The fraction of sp³-hybridized carbons (Fsp3) is 0.273. The Bertz CT molecular complexity index is 500. The van der Waals surface area contributed by atoms with Crippen molar-refractivity contribution in [2.75, 3.05) is 5.32 Å². The zero-order chi connectivity index (χ0) is 11.0. The third-order valence-corrected chi connectivity index (χ3v) is 4.13. The molecule has 2 aromatic rings. The van der Waals surface area contributed by atoms with Gasteiger partial charge in [0.15, 0.2) is 5.13 Å². The van der Waals surface area contributed by atoms with Crippen LogP contribution in [0.4, 0.5) is 5.13 Å². The summed E-state index contributed by atoms with van der Waals surface area (Å²) in [6, 6.07) is 3.69. The lowest BCUT2D eigenvalue weighted by atomic mass is 10.3. The van der Waals surface area contributed by atoms with Gasteiger partial charge in [-0.3, -0.25) is 10.1 Å². The highest BCUT2D eigenvalue weighted by Crippen LogP contribution is 2.40. The minimum atomic E-state index is -0.0632. The van der Waals surface area contributed by atoms with Crippen LogP contribution in [-0.2, 0) is 0 Å². The second kappa shape index (κ2) is 3.99. The third-order valence-electron chi connectivity index (χ3n) is 2.48. The molecule has 0 unspecified atom stereocenters. The molecule has 0 aromatic carbocycles. The molecule has 0 radical (unpaired) electrons. The Morgan fingerprint density at radius 3 is 3.00 bits per heavy atom. The predicted octanol–water partition coefficient (Wildman–Crippen LogP) is 3.33. The van der Waals surface area contributed by atoms with Crippen LogP contribution in [0.15, 0.2) is 22.9 Å². The standard InChI is InChI=1S/C11H10N2OS2/c14-10(9-2-1-5-15-9)13-11-12-8(6-16-11)7-3-4-7/h1-2,5-7H,3-4H2,(H,12,13,14). The summed E-state index contributed by atoms with van der Waals surface area (Å²) in [5, 5.41) is 7.47. The number of carbonyl (C=O) groups excluding carboxylic acids is 1. The minimum Gasteiger partial charge on any atom is -0.297 e. The summed E-state index contributed by atoms with van der Waals surface area (Å²) in [5.74, 6) is 0.579. The Kier molecular flexibility index (Phi) is 2.49. The van der Waals surface area contributed by atoms with E-state index in [1.807, 2.05) is 22.9 Å². The lowest BCUT2D eigenvalue weighted by Gasteiger charge is -1.97. The SMILES string of the molecule is O=C(Nc1nc(C2CC2)cs1)c1cccs1. The quantitative estimate of drug-likeness (QED) is 0.907. The van der Waals surface area contributed by atoms with Gasteiger partial charge in [-0.25, -0.2) is 4.98 Å². The molecule has 82 valence electrons. The first-order chi connectivity index (χ1) is 7.83. The highest BCUT2D eigenvalue weighted by molar-refractivity contribution is 7.14. The fourth-order valence-corrected chi connectivity index (χ4v) is 2.88. The number of anilines is 1. The summed E-state index contributed by atoms with van der Waals surface area (Å²) in [5.41, 5.74) is 1.13. The van der Waals surface area contributed by atoms with Gasteiger partial charge in [-0.2, -0.15) is 0 Å². The molecule has 1 aliphatic rings. The van der Waals surface area contributed by atoms with Crippen molar-refractivity contribution in [2.45, 2.75) is 18.8 Å². The van der Waals surface area contributed by atoms with Gasteiger partial charge < -0.3 is 0 Å². The van der Waals surface area contributed by atoms with E-state index in [2.05, 4.69) is 10.3 Å². The summed E-state index contributed by atoms with van der Waals surface area (Å²) in [4.78, 5) is 16.9. The van der Waals surface area contributed by atoms with Crippen molar-refractivity contribution in [3.8, 4) is 0 Å². The minimum absolute atomic E-state index is 0.0632. The summed E-state index contributed by atoms with van der Waals surface area (Å²) in [6.45, 7) is 0. The van der Waals surface area contributed by atoms with Gasteiger partial charge in [0, 0.05) is 11.3 Å². The molecule has 2 heterocycles. The lowest BCUT2D eigenvalue weighted by Crippen LogP contribution is -2.09. The van der Waals surface area contributed by atoms with E-state index in [0.717, 1.165) is 10.6 Å². The number of amides is 1. The number of rotatable bonds is 3. The normalized spacial score (nSPS) is 15.0. The molecule has 0 bridgehead atoms. The first-order valence-corrected chi connectivity index (χ1v) is 6.89. The van der Waals surface area contributed by atoms with Crippen molar-refractivity contribution in [3.63, 3.8) is 0 Å². The van der Waals surface area contributed by atoms with Crippen LogP contribution in [0.3, 0.4) is 0 Å². The maximum Gasteiger partial charge on any atom is 0.267 e. The zero-order valence-electron chi connectivity index (χ0n) is 8.47. The zero-order valence-corrected chi connectivity index (χ0v) is 10.1. The molecule has 0 atom stereocenters. The predicted molar refractivity (Wildman–Crippen MR) is 66.4 cm³/mol. The van der Waals surface area contributed by atoms with Crippen LogP contribution < -0.4 is 5.32 Å². The first-order valence-electron chi connectivity index (χ1n) is 5.13. The van der Waals surface area contributed by atoms with Gasteiger partial charge in [0.25, 0.3) is 5.91 Å². The van der Waals surface area contributed by atoms with Gasteiger partial charge in [0.05, 0.1) is 10.6 Å². The molecule has 1 aliphatic carbocycles. The smallest absolute Gasteiger partial charge is 0.267 e. The summed E-state index contributed by atoms with van der Waals surface area (Å²) in [7, 11) is 0. The van der Waals surface area contributed by atoms with E-state index in [1.54, 1.807) is 0 Å². The molecule has 1 fully saturated rings. The van der Waals surface area contributed by atoms with E-state index in [1.165, 1.54) is 35.5 Å². The molecule has 1 amide bonds. The Labute approximate surface area is 101 Å². The Morgan fingerprint density at radius 2 is 2.31 bits per heavy atom. The number of aromatic nitrogens is 1. The van der Waals surface area contributed by atoms with Crippen LogP contribution in [0.5, 0.6) is 0 Å². The number of hydrogen-bond acceptors (Lipinski definition) is 4. The van der Waals surface area contributed by atoms with Crippen molar-refractivity contribution < 1.29 is 4.79 Å². The molecule has 3 nitrogen and oxygen atoms in total. The van der Waals surface area contributed by atoms with Gasteiger partial charge in [-0.15, -0.1) is 22.7 Å².